The number of para-hydroxylation sites is 1. The smallest absolute Gasteiger partial charge is 0.259 e. The molecule has 28 heavy (non-hydrogen) atoms. The van der Waals surface area contributed by atoms with Crippen molar-refractivity contribution in [1.29, 1.82) is 0 Å². The van der Waals surface area contributed by atoms with E-state index >= 15 is 0 Å². The van der Waals surface area contributed by atoms with Crippen molar-refractivity contribution in [2.24, 2.45) is 0 Å². The minimum Gasteiger partial charge on any atom is -0.493 e. The Hall–Kier alpha value is -3.54. The van der Waals surface area contributed by atoms with Gasteiger partial charge in [-0.25, -0.2) is 4.98 Å². The van der Waals surface area contributed by atoms with Crippen LogP contribution in [-0.4, -0.2) is 32.2 Å². The number of ether oxygens (including phenoxy) is 2. The minimum absolute atomic E-state index is 0.106. The van der Waals surface area contributed by atoms with E-state index < -0.39 is 0 Å². The fourth-order valence-electron chi connectivity index (χ4n) is 2.77. The summed E-state index contributed by atoms with van der Waals surface area (Å²) in [5.41, 5.74) is 2.40. The zero-order valence-electron chi connectivity index (χ0n) is 16.2. The molecule has 3 aromatic rings. The number of methoxy groups -OCH3 is 2. The van der Waals surface area contributed by atoms with E-state index in [1.165, 1.54) is 0 Å². The van der Waals surface area contributed by atoms with Crippen LogP contribution in [-0.2, 0) is 6.54 Å². The molecule has 1 N–H and O–H groups in total. The van der Waals surface area contributed by atoms with Crippen molar-refractivity contribution in [2.75, 3.05) is 31.5 Å². The molecular formula is C22H23N3O3. The molecule has 0 aliphatic carbocycles. The Balaban J connectivity index is 1.64. The maximum absolute atomic E-state index is 12.6. The summed E-state index contributed by atoms with van der Waals surface area (Å²) in [4.78, 5) is 18.6. The van der Waals surface area contributed by atoms with Crippen molar-refractivity contribution in [1.82, 2.24) is 4.98 Å². The number of rotatable bonds is 7. The van der Waals surface area contributed by atoms with E-state index in [0.29, 0.717) is 29.4 Å². The molecule has 1 amide bonds. The molecule has 0 saturated heterocycles. The second-order valence-electron chi connectivity index (χ2n) is 6.17. The second kappa shape index (κ2) is 8.90. The molecular weight excluding hydrogens is 354 g/mol. The number of hydrogen-bond donors (Lipinski definition) is 1. The predicted octanol–water partition coefficient (Wildman–Crippen LogP) is 3.99. The van der Waals surface area contributed by atoms with Crippen LogP contribution in [0.15, 0.2) is 66.9 Å². The molecule has 0 fully saturated rings. The van der Waals surface area contributed by atoms with Gasteiger partial charge in [0.1, 0.15) is 5.82 Å². The van der Waals surface area contributed by atoms with Gasteiger partial charge in [0.25, 0.3) is 5.91 Å². The topological polar surface area (TPSA) is 63.7 Å². The first kappa shape index (κ1) is 19.2. The molecule has 0 radical (unpaired) electrons. The van der Waals surface area contributed by atoms with Crippen LogP contribution < -0.4 is 19.7 Å². The molecule has 0 spiro atoms. The molecule has 1 aromatic heterocycles. The molecule has 2 aromatic carbocycles. The number of anilines is 2. The van der Waals surface area contributed by atoms with Gasteiger partial charge in [-0.1, -0.05) is 24.3 Å². The van der Waals surface area contributed by atoms with E-state index in [9.17, 15) is 4.79 Å². The third-order valence-corrected chi connectivity index (χ3v) is 4.38. The average molecular weight is 377 g/mol. The highest BCUT2D eigenvalue weighted by atomic mass is 16.5. The first-order chi connectivity index (χ1) is 13.6. The van der Waals surface area contributed by atoms with Crippen LogP contribution in [0.3, 0.4) is 0 Å². The first-order valence-corrected chi connectivity index (χ1v) is 8.86. The SMILES string of the molecule is COc1ccc(CNc2ccc(C(=O)N(C)c3ccccc3)cn2)cc1OC. The van der Waals surface area contributed by atoms with Crippen LogP contribution in [0.4, 0.5) is 11.5 Å². The summed E-state index contributed by atoms with van der Waals surface area (Å²) < 4.78 is 10.6. The summed E-state index contributed by atoms with van der Waals surface area (Å²) in [6.45, 7) is 0.574. The number of carbonyl (C=O) groups excluding carboxylic acids is 1. The molecule has 0 bridgehead atoms. The summed E-state index contributed by atoms with van der Waals surface area (Å²) in [5.74, 6) is 1.95. The Kier molecular flexibility index (Phi) is 6.11. The molecule has 3 rings (SSSR count). The number of benzene rings is 2. The summed E-state index contributed by atoms with van der Waals surface area (Å²) in [7, 11) is 4.97. The minimum atomic E-state index is -0.106. The molecule has 0 aliphatic heterocycles. The van der Waals surface area contributed by atoms with Gasteiger partial charge in [0.05, 0.1) is 19.8 Å². The van der Waals surface area contributed by atoms with Crippen LogP contribution in [0, 0.1) is 0 Å². The van der Waals surface area contributed by atoms with Gasteiger partial charge < -0.3 is 19.7 Å². The van der Waals surface area contributed by atoms with E-state index in [4.69, 9.17) is 9.47 Å². The van der Waals surface area contributed by atoms with Crippen molar-refractivity contribution in [3.05, 3.63) is 78.0 Å². The van der Waals surface area contributed by atoms with Crippen LogP contribution in [0.25, 0.3) is 0 Å². The lowest BCUT2D eigenvalue weighted by Gasteiger charge is -2.17. The normalized spacial score (nSPS) is 10.2. The third kappa shape index (κ3) is 4.40. The first-order valence-electron chi connectivity index (χ1n) is 8.86. The molecule has 6 nitrogen and oxygen atoms in total. The monoisotopic (exact) mass is 377 g/mol. The Morgan fingerprint density at radius 1 is 1.00 bits per heavy atom. The zero-order valence-corrected chi connectivity index (χ0v) is 16.2. The van der Waals surface area contributed by atoms with E-state index in [1.807, 2.05) is 48.5 Å². The number of aromatic nitrogens is 1. The lowest BCUT2D eigenvalue weighted by molar-refractivity contribution is 0.0992. The number of nitrogens with one attached hydrogen (secondary N) is 1. The second-order valence-corrected chi connectivity index (χ2v) is 6.17. The molecule has 144 valence electrons. The fraction of sp³-hybridized carbons (Fsp3) is 0.182. The number of amides is 1. The van der Waals surface area contributed by atoms with Crippen LogP contribution in [0.2, 0.25) is 0 Å². The molecule has 0 saturated carbocycles. The summed E-state index contributed by atoms with van der Waals surface area (Å²) in [5, 5.41) is 3.24. The van der Waals surface area contributed by atoms with Crippen molar-refractivity contribution in [3.63, 3.8) is 0 Å². The van der Waals surface area contributed by atoms with Gasteiger partial charge in [-0.15, -0.1) is 0 Å². The summed E-state index contributed by atoms with van der Waals surface area (Å²) in [6.07, 6.45) is 1.58. The fourth-order valence-corrected chi connectivity index (χ4v) is 2.77. The number of nitrogens with zero attached hydrogens (tertiary/aromatic N) is 2. The Bertz CT molecular complexity index is 928. The van der Waals surface area contributed by atoms with Gasteiger partial charge in [0.2, 0.25) is 0 Å². The lowest BCUT2D eigenvalue weighted by Crippen LogP contribution is -2.26. The lowest BCUT2D eigenvalue weighted by atomic mass is 10.2. The van der Waals surface area contributed by atoms with Crippen LogP contribution in [0.1, 0.15) is 15.9 Å². The van der Waals surface area contributed by atoms with Gasteiger partial charge in [-0.05, 0) is 42.0 Å². The van der Waals surface area contributed by atoms with Gasteiger partial charge in [0, 0.05) is 25.5 Å². The van der Waals surface area contributed by atoms with Crippen molar-refractivity contribution in [2.45, 2.75) is 6.54 Å². The number of hydrogen-bond acceptors (Lipinski definition) is 5. The van der Waals surface area contributed by atoms with Crippen LogP contribution >= 0.6 is 0 Å². The molecule has 6 heteroatoms. The largest absolute Gasteiger partial charge is 0.493 e. The molecule has 1 heterocycles. The van der Waals surface area contributed by atoms with Gasteiger partial charge in [0.15, 0.2) is 11.5 Å². The maximum atomic E-state index is 12.6. The van der Waals surface area contributed by atoms with E-state index in [-0.39, 0.29) is 5.91 Å². The number of pyridine rings is 1. The van der Waals surface area contributed by atoms with Crippen molar-refractivity contribution < 1.29 is 14.3 Å². The van der Waals surface area contributed by atoms with Crippen molar-refractivity contribution >= 4 is 17.4 Å². The molecule has 0 aliphatic rings. The Labute approximate surface area is 164 Å². The quantitative estimate of drug-likeness (QED) is 0.675. The highest BCUT2D eigenvalue weighted by molar-refractivity contribution is 6.05. The summed E-state index contributed by atoms with van der Waals surface area (Å²) in [6, 6.07) is 18.8. The Morgan fingerprint density at radius 3 is 2.39 bits per heavy atom. The number of carbonyl (C=O) groups is 1. The predicted molar refractivity (Wildman–Crippen MR) is 110 cm³/mol. The standard InChI is InChI=1S/C22H23N3O3/c1-25(18-7-5-4-6-8-18)22(26)17-10-12-21(24-15-17)23-14-16-9-11-19(27-2)20(13-16)28-3/h4-13,15H,14H2,1-3H3,(H,23,24). The maximum Gasteiger partial charge on any atom is 0.259 e. The van der Waals surface area contributed by atoms with E-state index in [2.05, 4.69) is 10.3 Å². The van der Waals surface area contributed by atoms with E-state index in [1.54, 1.807) is 44.5 Å². The van der Waals surface area contributed by atoms with E-state index in [0.717, 1.165) is 11.3 Å². The van der Waals surface area contributed by atoms with Gasteiger partial charge >= 0.3 is 0 Å². The van der Waals surface area contributed by atoms with Crippen LogP contribution in [0.5, 0.6) is 11.5 Å². The van der Waals surface area contributed by atoms with Gasteiger partial charge in [-0.3, -0.25) is 4.79 Å². The zero-order chi connectivity index (χ0) is 19.9. The molecule has 0 unspecified atom stereocenters. The highest BCUT2D eigenvalue weighted by Gasteiger charge is 2.13. The van der Waals surface area contributed by atoms with Crippen molar-refractivity contribution in [3.8, 4) is 11.5 Å². The average Bonchev–Trinajstić information content (AvgIpc) is 2.77. The highest BCUT2D eigenvalue weighted by Crippen LogP contribution is 2.27. The summed E-state index contributed by atoms with van der Waals surface area (Å²) >= 11 is 0. The Morgan fingerprint density at radius 2 is 1.75 bits per heavy atom. The molecule has 0 atom stereocenters. The van der Waals surface area contributed by atoms with Gasteiger partial charge in [-0.2, -0.15) is 0 Å². The third-order valence-electron chi connectivity index (χ3n) is 4.38.